The molecule has 33 heavy (non-hydrogen) atoms. The lowest BCUT2D eigenvalue weighted by Gasteiger charge is -2.29. The molecule has 0 aliphatic carbocycles. The Labute approximate surface area is 192 Å². The number of fused-ring (bicyclic) bond motifs is 1. The van der Waals surface area contributed by atoms with E-state index in [4.69, 9.17) is 14.2 Å². The molecule has 0 unspecified atom stereocenters. The molecule has 0 radical (unpaired) electrons. The predicted molar refractivity (Wildman–Crippen MR) is 125 cm³/mol. The summed E-state index contributed by atoms with van der Waals surface area (Å²) in [5, 5.41) is 2.79. The van der Waals surface area contributed by atoms with E-state index < -0.39 is 0 Å². The lowest BCUT2D eigenvalue weighted by Crippen LogP contribution is -2.37. The number of hydrogen-bond donors (Lipinski definition) is 1. The van der Waals surface area contributed by atoms with Crippen LogP contribution in [0.4, 0.5) is 5.69 Å². The molecular weight excluding hydrogens is 420 g/mol. The van der Waals surface area contributed by atoms with Crippen LogP contribution in [0.2, 0.25) is 0 Å². The van der Waals surface area contributed by atoms with Crippen molar-refractivity contribution in [1.82, 2.24) is 4.90 Å². The maximum absolute atomic E-state index is 13.0. The van der Waals surface area contributed by atoms with Gasteiger partial charge in [-0.3, -0.25) is 9.59 Å². The van der Waals surface area contributed by atoms with Crippen LogP contribution in [-0.2, 0) is 17.8 Å². The van der Waals surface area contributed by atoms with Gasteiger partial charge in [-0.1, -0.05) is 36.4 Å². The summed E-state index contributed by atoms with van der Waals surface area (Å²) in [6.07, 6.45) is 0.665. The number of carbonyl (C=O) groups is 2. The number of nitrogens with zero attached hydrogens (tertiary/aromatic N) is 1. The molecule has 2 amide bonds. The number of carbonyl (C=O) groups excluding carboxylic acids is 2. The quantitative estimate of drug-likeness (QED) is 0.568. The van der Waals surface area contributed by atoms with Gasteiger partial charge in [0, 0.05) is 30.3 Å². The fourth-order valence-electron chi connectivity index (χ4n) is 3.86. The Hall–Kier alpha value is -4.00. The number of methoxy groups -OCH3 is 2. The van der Waals surface area contributed by atoms with Crippen LogP contribution >= 0.6 is 0 Å². The Kier molecular flexibility index (Phi) is 6.78. The van der Waals surface area contributed by atoms with Gasteiger partial charge in [-0.2, -0.15) is 0 Å². The van der Waals surface area contributed by atoms with Crippen molar-refractivity contribution in [3.8, 4) is 17.2 Å². The van der Waals surface area contributed by atoms with Gasteiger partial charge in [0.15, 0.2) is 6.61 Å². The van der Waals surface area contributed by atoms with Gasteiger partial charge < -0.3 is 24.4 Å². The van der Waals surface area contributed by atoms with E-state index >= 15 is 0 Å². The van der Waals surface area contributed by atoms with Gasteiger partial charge in [0.1, 0.15) is 17.2 Å². The molecule has 0 bridgehead atoms. The molecule has 3 aromatic rings. The van der Waals surface area contributed by atoms with Crippen molar-refractivity contribution in [3.05, 3.63) is 83.4 Å². The summed E-state index contributed by atoms with van der Waals surface area (Å²) >= 11 is 0. The van der Waals surface area contributed by atoms with Crippen molar-refractivity contribution in [2.45, 2.75) is 13.0 Å². The van der Waals surface area contributed by atoms with E-state index in [9.17, 15) is 9.59 Å². The van der Waals surface area contributed by atoms with E-state index in [1.54, 1.807) is 37.4 Å². The zero-order valence-corrected chi connectivity index (χ0v) is 18.7. The average molecular weight is 447 g/mol. The molecule has 1 aliphatic rings. The summed E-state index contributed by atoms with van der Waals surface area (Å²) in [4.78, 5) is 27.4. The minimum absolute atomic E-state index is 0.0297. The highest BCUT2D eigenvalue weighted by molar-refractivity contribution is 5.97. The van der Waals surface area contributed by atoms with E-state index in [2.05, 4.69) is 5.32 Å². The highest BCUT2D eigenvalue weighted by Crippen LogP contribution is 2.30. The molecule has 3 aromatic carbocycles. The summed E-state index contributed by atoms with van der Waals surface area (Å²) in [6, 6.07) is 20.4. The van der Waals surface area contributed by atoms with Crippen LogP contribution in [-0.4, -0.2) is 44.1 Å². The first-order chi connectivity index (χ1) is 16.1. The molecule has 0 spiro atoms. The van der Waals surface area contributed by atoms with Crippen molar-refractivity contribution in [2.75, 3.05) is 32.7 Å². The third kappa shape index (κ3) is 5.09. The van der Waals surface area contributed by atoms with Crippen LogP contribution < -0.4 is 19.5 Å². The molecule has 0 saturated heterocycles. The summed E-state index contributed by atoms with van der Waals surface area (Å²) in [7, 11) is 3.09. The van der Waals surface area contributed by atoms with Gasteiger partial charge >= 0.3 is 0 Å². The summed E-state index contributed by atoms with van der Waals surface area (Å²) in [5.74, 6) is 1.31. The number of hydrogen-bond acceptors (Lipinski definition) is 5. The lowest BCUT2D eigenvalue weighted by atomic mass is 9.97. The topological polar surface area (TPSA) is 77.1 Å². The van der Waals surface area contributed by atoms with Crippen molar-refractivity contribution in [2.24, 2.45) is 0 Å². The maximum Gasteiger partial charge on any atom is 0.262 e. The summed E-state index contributed by atoms with van der Waals surface area (Å²) in [6.45, 7) is 0.972. The Morgan fingerprint density at radius 2 is 1.79 bits per heavy atom. The molecule has 0 atom stereocenters. The van der Waals surface area contributed by atoms with Crippen LogP contribution in [0.3, 0.4) is 0 Å². The molecular formula is C26H26N2O5. The molecule has 1 N–H and O–H groups in total. The first kappa shape index (κ1) is 22.2. The Morgan fingerprint density at radius 1 is 0.970 bits per heavy atom. The zero-order valence-electron chi connectivity index (χ0n) is 18.7. The van der Waals surface area contributed by atoms with Crippen molar-refractivity contribution in [1.29, 1.82) is 0 Å². The van der Waals surface area contributed by atoms with Crippen LogP contribution in [0.5, 0.6) is 17.2 Å². The van der Waals surface area contributed by atoms with Crippen LogP contribution in [0, 0.1) is 0 Å². The zero-order chi connectivity index (χ0) is 23.2. The maximum atomic E-state index is 13.0. The predicted octanol–water partition coefficient (Wildman–Crippen LogP) is 3.92. The molecule has 7 nitrogen and oxygen atoms in total. The third-order valence-electron chi connectivity index (χ3n) is 5.54. The van der Waals surface area contributed by atoms with Gasteiger partial charge in [-0.05, 0) is 36.2 Å². The van der Waals surface area contributed by atoms with Crippen molar-refractivity contribution in [3.63, 3.8) is 0 Å². The van der Waals surface area contributed by atoms with Gasteiger partial charge in [0.05, 0.1) is 19.9 Å². The summed E-state index contributed by atoms with van der Waals surface area (Å²) in [5.41, 5.74) is 3.06. The van der Waals surface area contributed by atoms with E-state index in [-0.39, 0.29) is 18.4 Å². The molecule has 1 heterocycles. The second-order valence-electron chi connectivity index (χ2n) is 7.65. The monoisotopic (exact) mass is 446 g/mol. The second-order valence-corrected chi connectivity index (χ2v) is 7.65. The minimum Gasteiger partial charge on any atom is -0.497 e. The second kappa shape index (κ2) is 10.1. The van der Waals surface area contributed by atoms with Gasteiger partial charge in [0.25, 0.3) is 11.8 Å². The SMILES string of the molecule is COc1ccc(NC(=O)COc2cccc3c2CCN(Cc2ccccc2)C3=O)c(OC)c1. The van der Waals surface area contributed by atoms with Crippen LogP contribution in [0.1, 0.15) is 21.5 Å². The van der Waals surface area contributed by atoms with E-state index in [1.807, 2.05) is 41.3 Å². The molecule has 1 aliphatic heterocycles. The molecule has 170 valence electrons. The lowest BCUT2D eigenvalue weighted by molar-refractivity contribution is -0.118. The van der Waals surface area contributed by atoms with Gasteiger partial charge in [0.2, 0.25) is 0 Å². The molecule has 0 saturated carbocycles. The Morgan fingerprint density at radius 3 is 2.55 bits per heavy atom. The number of benzene rings is 3. The molecule has 0 aromatic heterocycles. The fourth-order valence-corrected chi connectivity index (χ4v) is 3.86. The van der Waals surface area contributed by atoms with Crippen molar-refractivity contribution < 1.29 is 23.8 Å². The van der Waals surface area contributed by atoms with Gasteiger partial charge in [-0.15, -0.1) is 0 Å². The summed E-state index contributed by atoms with van der Waals surface area (Å²) < 4.78 is 16.3. The number of amides is 2. The van der Waals surface area contributed by atoms with E-state index in [1.165, 1.54) is 7.11 Å². The van der Waals surface area contributed by atoms with Crippen molar-refractivity contribution >= 4 is 17.5 Å². The first-order valence-electron chi connectivity index (χ1n) is 10.7. The normalized spacial score (nSPS) is 12.7. The first-order valence-corrected chi connectivity index (χ1v) is 10.7. The highest BCUT2D eigenvalue weighted by atomic mass is 16.5. The van der Waals surface area contributed by atoms with Crippen LogP contribution in [0.15, 0.2) is 66.7 Å². The molecule has 7 heteroatoms. The van der Waals surface area contributed by atoms with E-state index in [0.717, 1.165) is 11.1 Å². The fraction of sp³-hybridized carbons (Fsp3) is 0.231. The number of nitrogens with one attached hydrogen (secondary N) is 1. The standard InChI is InChI=1S/C26H26N2O5/c1-31-19-11-12-22(24(15-19)32-2)27-25(29)17-33-23-10-6-9-21-20(23)13-14-28(26(21)30)16-18-7-4-3-5-8-18/h3-12,15H,13-14,16-17H2,1-2H3,(H,27,29). The molecule has 4 rings (SSSR count). The molecule has 0 fully saturated rings. The van der Waals surface area contributed by atoms with Gasteiger partial charge in [-0.25, -0.2) is 0 Å². The number of ether oxygens (including phenoxy) is 3. The minimum atomic E-state index is -0.330. The smallest absolute Gasteiger partial charge is 0.262 e. The van der Waals surface area contributed by atoms with E-state index in [0.29, 0.717) is 48.0 Å². The Bertz CT molecular complexity index is 1150. The number of rotatable bonds is 8. The Balaban J connectivity index is 1.41. The largest absolute Gasteiger partial charge is 0.497 e. The average Bonchev–Trinajstić information content (AvgIpc) is 2.85. The number of anilines is 1. The van der Waals surface area contributed by atoms with Crippen LogP contribution in [0.25, 0.3) is 0 Å². The highest BCUT2D eigenvalue weighted by Gasteiger charge is 2.27. The third-order valence-corrected chi connectivity index (χ3v) is 5.54.